The Bertz CT molecular complexity index is 154. The van der Waals surface area contributed by atoms with Crippen molar-refractivity contribution >= 4 is 23.0 Å². The van der Waals surface area contributed by atoms with Gasteiger partial charge in [-0.1, -0.05) is 0 Å². The Morgan fingerprint density at radius 3 is 2.73 bits per heavy atom. The summed E-state index contributed by atoms with van der Waals surface area (Å²) in [6.45, 7) is 0.890. The standard InChI is InChI=1S/C6H9IO4/c7-11-4-2-10-5-3(8)1-9-6(4)5/h3-6,8H,1-2H2/t3-,4+,5+,6+/m0/s1. The quantitative estimate of drug-likeness (QED) is 0.676. The fraction of sp³-hybridized carbons (Fsp3) is 1.00. The minimum Gasteiger partial charge on any atom is -0.388 e. The molecule has 0 bridgehead atoms. The lowest BCUT2D eigenvalue weighted by molar-refractivity contribution is 0.0138. The van der Waals surface area contributed by atoms with Crippen LogP contribution in [0.1, 0.15) is 0 Å². The maximum atomic E-state index is 9.30. The molecule has 2 heterocycles. The van der Waals surface area contributed by atoms with Gasteiger partial charge in [-0.2, -0.15) is 0 Å². The highest BCUT2D eigenvalue weighted by Crippen LogP contribution is 2.29. The third-order valence-electron chi connectivity index (χ3n) is 2.10. The summed E-state index contributed by atoms with van der Waals surface area (Å²) in [5, 5.41) is 9.30. The van der Waals surface area contributed by atoms with Gasteiger partial charge in [-0.25, -0.2) is 0 Å². The Kier molecular flexibility index (Phi) is 2.33. The zero-order valence-corrected chi connectivity index (χ0v) is 7.93. The van der Waals surface area contributed by atoms with Crippen molar-refractivity contribution in [3.8, 4) is 0 Å². The van der Waals surface area contributed by atoms with E-state index in [1.807, 2.05) is 23.0 Å². The lowest BCUT2D eigenvalue weighted by Crippen LogP contribution is -2.31. The Morgan fingerprint density at radius 2 is 2.00 bits per heavy atom. The topological polar surface area (TPSA) is 47.9 Å². The summed E-state index contributed by atoms with van der Waals surface area (Å²) in [5.41, 5.74) is 0. The van der Waals surface area contributed by atoms with Crippen LogP contribution in [0.2, 0.25) is 0 Å². The second-order valence-corrected chi connectivity index (χ2v) is 3.30. The summed E-state index contributed by atoms with van der Waals surface area (Å²) in [4.78, 5) is 0. The summed E-state index contributed by atoms with van der Waals surface area (Å²) in [5.74, 6) is 0. The molecule has 0 aliphatic carbocycles. The molecule has 1 N–H and O–H groups in total. The van der Waals surface area contributed by atoms with Crippen molar-refractivity contribution < 1.29 is 17.6 Å². The Balaban J connectivity index is 2.04. The molecule has 0 aromatic heterocycles. The van der Waals surface area contributed by atoms with Gasteiger partial charge in [0.15, 0.2) is 0 Å². The molecule has 2 fully saturated rings. The van der Waals surface area contributed by atoms with Crippen molar-refractivity contribution in [3.05, 3.63) is 0 Å². The van der Waals surface area contributed by atoms with Gasteiger partial charge >= 0.3 is 0 Å². The van der Waals surface area contributed by atoms with E-state index < -0.39 is 6.10 Å². The minimum atomic E-state index is -0.475. The van der Waals surface area contributed by atoms with Crippen LogP contribution in [0, 0.1) is 0 Å². The Hall–Kier alpha value is 0.570. The first-order valence-corrected chi connectivity index (χ1v) is 4.39. The maximum Gasteiger partial charge on any atom is 0.122 e. The van der Waals surface area contributed by atoms with Crippen LogP contribution in [-0.2, 0) is 12.5 Å². The third kappa shape index (κ3) is 1.29. The lowest BCUT2D eigenvalue weighted by Gasteiger charge is -2.11. The first-order valence-electron chi connectivity index (χ1n) is 3.51. The van der Waals surface area contributed by atoms with Gasteiger partial charge in [-0.05, 0) is 0 Å². The fourth-order valence-electron chi connectivity index (χ4n) is 1.52. The molecule has 4 atom stereocenters. The molecule has 0 radical (unpaired) electrons. The van der Waals surface area contributed by atoms with E-state index in [4.69, 9.17) is 12.5 Å². The van der Waals surface area contributed by atoms with Crippen LogP contribution in [-0.4, -0.2) is 42.7 Å². The van der Waals surface area contributed by atoms with Gasteiger partial charge in [0.25, 0.3) is 0 Å². The van der Waals surface area contributed by atoms with E-state index in [0.29, 0.717) is 13.2 Å². The van der Waals surface area contributed by atoms with Crippen LogP contribution >= 0.6 is 23.0 Å². The van der Waals surface area contributed by atoms with Crippen molar-refractivity contribution in [3.63, 3.8) is 0 Å². The molecule has 2 rings (SSSR count). The second kappa shape index (κ2) is 3.14. The highest BCUT2D eigenvalue weighted by Gasteiger charge is 2.47. The van der Waals surface area contributed by atoms with Crippen molar-refractivity contribution in [2.24, 2.45) is 0 Å². The van der Waals surface area contributed by atoms with Gasteiger partial charge < -0.3 is 17.6 Å². The zero-order chi connectivity index (χ0) is 7.84. The normalized spacial score (nSPS) is 49.6. The molecule has 64 valence electrons. The summed E-state index contributed by atoms with van der Waals surface area (Å²) in [6.07, 6.45) is -0.731. The van der Waals surface area contributed by atoms with Crippen LogP contribution in [0.5, 0.6) is 0 Å². The molecular formula is C6H9IO4. The van der Waals surface area contributed by atoms with E-state index in [1.54, 1.807) is 0 Å². The van der Waals surface area contributed by atoms with Crippen LogP contribution in [0.25, 0.3) is 0 Å². The van der Waals surface area contributed by atoms with Gasteiger partial charge in [-0.15, -0.1) is 0 Å². The predicted octanol–water partition coefficient (Wildman–Crippen LogP) is -0.120. The van der Waals surface area contributed by atoms with E-state index in [9.17, 15) is 5.11 Å². The number of fused-ring (bicyclic) bond motifs is 1. The molecule has 4 nitrogen and oxygen atoms in total. The molecule has 0 unspecified atom stereocenters. The number of hydrogen-bond donors (Lipinski definition) is 1. The number of aliphatic hydroxyl groups is 1. The average Bonchev–Trinajstić information content (AvgIpc) is 2.53. The van der Waals surface area contributed by atoms with Crippen molar-refractivity contribution in [2.75, 3.05) is 13.2 Å². The molecule has 0 saturated carbocycles. The van der Waals surface area contributed by atoms with E-state index in [-0.39, 0.29) is 18.3 Å². The molecule has 0 spiro atoms. The molecule has 0 aromatic carbocycles. The van der Waals surface area contributed by atoms with Crippen LogP contribution in [0.4, 0.5) is 0 Å². The average molecular weight is 272 g/mol. The SMILES string of the molecule is O[C@H]1CO[C@H]2[C@@H]1OC[C@H]2OI. The molecular weight excluding hydrogens is 263 g/mol. The Labute approximate surface area is 78.5 Å². The number of rotatable bonds is 1. The number of hydrogen-bond acceptors (Lipinski definition) is 4. The second-order valence-electron chi connectivity index (χ2n) is 2.79. The van der Waals surface area contributed by atoms with Crippen LogP contribution in [0.15, 0.2) is 0 Å². The highest BCUT2D eigenvalue weighted by molar-refractivity contribution is 14.1. The fourth-order valence-corrected chi connectivity index (χ4v) is 1.96. The predicted molar refractivity (Wildman–Crippen MR) is 44.4 cm³/mol. The largest absolute Gasteiger partial charge is 0.388 e. The molecule has 2 saturated heterocycles. The molecule has 2 aliphatic heterocycles. The molecule has 11 heavy (non-hydrogen) atoms. The summed E-state index contributed by atoms with van der Waals surface area (Å²) >= 11 is 1.83. The monoisotopic (exact) mass is 272 g/mol. The van der Waals surface area contributed by atoms with E-state index >= 15 is 0 Å². The smallest absolute Gasteiger partial charge is 0.122 e. The summed E-state index contributed by atoms with van der Waals surface area (Å²) in [6, 6.07) is 0. The van der Waals surface area contributed by atoms with Crippen LogP contribution < -0.4 is 0 Å². The number of halogens is 1. The zero-order valence-electron chi connectivity index (χ0n) is 5.77. The maximum absolute atomic E-state index is 9.30. The van der Waals surface area contributed by atoms with E-state index in [1.165, 1.54) is 0 Å². The first kappa shape index (κ1) is 8.18. The lowest BCUT2D eigenvalue weighted by atomic mass is 10.1. The van der Waals surface area contributed by atoms with Gasteiger partial charge in [-0.3, -0.25) is 0 Å². The summed E-state index contributed by atoms with van der Waals surface area (Å²) in [7, 11) is 0. The highest BCUT2D eigenvalue weighted by atomic mass is 127. The van der Waals surface area contributed by atoms with Gasteiger partial charge in [0.2, 0.25) is 0 Å². The van der Waals surface area contributed by atoms with Gasteiger partial charge in [0.05, 0.1) is 13.2 Å². The van der Waals surface area contributed by atoms with Crippen LogP contribution in [0.3, 0.4) is 0 Å². The van der Waals surface area contributed by atoms with E-state index in [0.717, 1.165) is 0 Å². The van der Waals surface area contributed by atoms with Gasteiger partial charge in [0, 0.05) is 0 Å². The van der Waals surface area contributed by atoms with Gasteiger partial charge in [0.1, 0.15) is 47.4 Å². The first-order chi connectivity index (χ1) is 5.33. The van der Waals surface area contributed by atoms with E-state index in [2.05, 4.69) is 0 Å². The third-order valence-corrected chi connectivity index (χ3v) is 2.75. The number of aliphatic hydroxyl groups excluding tert-OH is 1. The van der Waals surface area contributed by atoms with Crippen molar-refractivity contribution in [1.82, 2.24) is 0 Å². The molecule has 0 amide bonds. The Morgan fingerprint density at radius 1 is 1.27 bits per heavy atom. The molecule has 2 aliphatic rings. The van der Waals surface area contributed by atoms with Crippen molar-refractivity contribution in [1.29, 1.82) is 0 Å². The minimum absolute atomic E-state index is 0.0160. The summed E-state index contributed by atoms with van der Waals surface area (Å²) < 4.78 is 15.7. The molecule has 0 aromatic rings. The van der Waals surface area contributed by atoms with Crippen molar-refractivity contribution in [2.45, 2.75) is 24.4 Å². The molecule has 5 heteroatoms. The number of ether oxygens (including phenoxy) is 2.